The van der Waals surface area contributed by atoms with Crippen LogP contribution in [0.3, 0.4) is 0 Å². The molecule has 0 saturated heterocycles. The highest BCUT2D eigenvalue weighted by molar-refractivity contribution is 7.99. The van der Waals surface area contributed by atoms with Gasteiger partial charge in [-0.3, -0.25) is 0 Å². The molecule has 5 nitrogen and oxygen atoms in total. The van der Waals surface area contributed by atoms with Gasteiger partial charge in [0, 0.05) is 5.75 Å². The highest BCUT2D eigenvalue weighted by atomic mass is 32.2. The van der Waals surface area contributed by atoms with Crippen LogP contribution in [0.5, 0.6) is 0 Å². The zero-order valence-corrected chi connectivity index (χ0v) is 8.23. The van der Waals surface area contributed by atoms with Crippen LogP contribution in [0.4, 0.5) is 0 Å². The number of nitrogens with zero attached hydrogens (tertiary/aromatic N) is 2. The van der Waals surface area contributed by atoms with E-state index in [1.165, 1.54) is 11.8 Å². The number of aryl methyl sites for hydroxylation is 1. The van der Waals surface area contributed by atoms with E-state index in [0.717, 1.165) is 17.9 Å². The Bertz CT molecular complexity index is 325. The molecule has 0 aliphatic heterocycles. The molecule has 0 aromatic carbocycles. The minimum Gasteiger partial charge on any atom is -0.330 e. The molecule has 0 radical (unpaired) electrons. The molecule has 0 fully saturated rings. The molecule has 1 heterocycles. The van der Waals surface area contributed by atoms with Crippen molar-refractivity contribution in [2.45, 2.75) is 18.4 Å². The maximum Gasteiger partial charge on any atom is 0.362 e. The molecule has 0 saturated carbocycles. The Labute approximate surface area is 80.1 Å². The standard InChI is InChI=1S/C7H12N4OS/c1-5-6(13-4-2-3-8)9-7(12)11-10-5/h2-4,8H2,1H3,(H,9,11,12). The van der Waals surface area contributed by atoms with Crippen molar-refractivity contribution >= 4 is 11.8 Å². The van der Waals surface area contributed by atoms with Gasteiger partial charge in [0.2, 0.25) is 0 Å². The molecule has 0 aliphatic rings. The number of rotatable bonds is 4. The van der Waals surface area contributed by atoms with Crippen molar-refractivity contribution in [1.82, 2.24) is 15.2 Å². The van der Waals surface area contributed by atoms with Crippen molar-refractivity contribution in [1.29, 1.82) is 0 Å². The van der Waals surface area contributed by atoms with Gasteiger partial charge < -0.3 is 5.73 Å². The molecule has 6 heteroatoms. The highest BCUT2D eigenvalue weighted by Crippen LogP contribution is 2.16. The number of H-pyrrole nitrogens is 1. The van der Waals surface area contributed by atoms with Crippen LogP contribution in [0.1, 0.15) is 12.1 Å². The topological polar surface area (TPSA) is 84.7 Å². The molecule has 0 unspecified atom stereocenters. The first kappa shape index (κ1) is 10.2. The van der Waals surface area contributed by atoms with Gasteiger partial charge in [-0.2, -0.15) is 10.1 Å². The van der Waals surface area contributed by atoms with Crippen molar-refractivity contribution < 1.29 is 0 Å². The summed E-state index contributed by atoms with van der Waals surface area (Å²) in [5.41, 5.74) is 5.69. The second kappa shape index (κ2) is 4.98. The number of hydrogen-bond donors (Lipinski definition) is 2. The first-order valence-electron chi connectivity index (χ1n) is 4.00. The average molecular weight is 200 g/mol. The SMILES string of the molecule is Cc1n[nH]c(=O)nc1SCCCN. The highest BCUT2D eigenvalue weighted by Gasteiger charge is 2.02. The van der Waals surface area contributed by atoms with Gasteiger partial charge in [-0.1, -0.05) is 0 Å². The van der Waals surface area contributed by atoms with Crippen LogP contribution in [0.2, 0.25) is 0 Å². The maximum atomic E-state index is 10.8. The van der Waals surface area contributed by atoms with Crippen LogP contribution in [0, 0.1) is 6.92 Å². The largest absolute Gasteiger partial charge is 0.362 e. The van der Waals surface area contributed by atoms with Gasteiger partial charge in [0.1, 0.15) is 5.03 Å². The lowest BCUT2D eigenvalue weighted by Crippen LogP contribution is -2.14. The summed E-state index contributed by atoms with van der Waals surface area (Å²) >= 11 is 1.51. The van der Waals surface area contributed by atoms with E-state index in [-0.39, 0.29) is 0 Å². The lowest BCUT2D eigenvalue weighted by atomic mass is 10.5. The van der Waals surface area contributed by atoms with Gasteiger partial charge in [-0.15, -0.1) is 11.8 Å². The monoisotopic (exact) mass is 200 g/mol. The van der Waals surface area contributed by atoms with Crippen LogP contribution in [-0.4, -0.2) is 27.5 Å². The molecule has 3 N–H and O–H groups in total. The zero-order chi connectivity index (χ0) is 9.68. The van der Waals surface area contributed by atoms with Crippen LogP contribution >= 0.6 is 11.8 Å². The Morgan fingerprint density at radius 3 is 3.08 bits per heavy atom. The van der Waals surface area contributed by atoms with Crippen molar-refractivity contribution in [3.63, 3.8) is 0 Å². The molecule has 72 valence electrons. The second-order valence-electron chi connectivity index (χ2n) is 2.52. The molecule has 0 atom stereocenters. The van der Waals surface area contributed by atoms with Crippen molar-refractivity contribution in [3.8, 4) is 0 Å². The van der Waals surface area contributed by atoms with Crippen molar-refractivity contribution in [3.05, 3.63) is 16.2 Å². The van der Waals surface area contributed by atoms with Gasteiger partial charge in [0.25, 0.3) is 0 Å². The lowest BCUT2D eigenvalue weighted by molar-refractivity contribution is 0.812. The van der Waals surface area contributed by atoms with Gasteiger partial charge >= 0.3 is 5.69 Å². The van der Waals surface area contributed by atoms with Crippen LogP contribution < -0.4 is 11.4 Å². The van der Waals surface area contributed by atoms with Gasteiger partial charge in [0.05, 0.1) is 5.69 Å². The summed E-state index contributed by atoms with van der Waals surface area (Å²) < 4.78 is 0. The predicted molar refractivity (Wildman–Crippen MR) is 51.8 cm³/mol. The Morgan fingerprint density at radius 2 is 2.38 bits per heavy atom. The summed E-state index contributed by atoms with van der Waals surface area (Å²) in [6, 6.07) is 0. The third kappa shape index (κ3) is 3.16. The Morgan fingerprint density at radius 1 is 1.62 bits per heavy atom. The second-order valence-corrected chi connectivity index (χ2v) is 3.61. The van der Waals surface area contributed by atoms with E-state index in [9.17, 15) is 4.79 Å². The third-order valence-corrected chi connectivity index (χ3v) is 2.57. The Kier molecular flexibility index (Phi) is 3.91. The maximum absolute atomic E-state index is 10.8. The Hall–Kier alpha value is -0.880. The summed E-state index contributed by atoms with van der Waals surface area (Å²) in [5, 5.41) is 6.77. The van der Waals surface area contributed by atoms with Gasteiger partial charge in [0.15, 0.2) is 0 Å². The summed E-state index contributed by atoms with van der Waals surface area (Å²) in [4.78, 5) is 14.6. The van der Waals surface area contributed by atoms with E-state index in [1.807, 2.05) is 6.92 Å². The first-order valence-corrected chi connectivity index (χ1v) is 4.99. The minimum atomic E-state index is -0.402. The molecule has 1 rings (SSSR count). The molecule has 0 bridgehead atoms. The molecular weight excluding hydrogens is 188 g/mol. The summed E-state index contributed by atoms with van der Waals surface area (Å²) in [6.07, 6.45) is 0.915. The number of aromatic nitrogens is 3. The van der Waals surface area contributed by atoms with Crippen molar-refractivity contribution in [2.75, 3.05) is 12.3 Å². The zero-order valence-electron chi connectivity index (χ0n) is 7.41. The van der Waals surface area contributed by atoms with E-state index in [0.29, 0.717) is 11.6 Å². The quantitative estimate of drug-likeness (QED) is 0.524. The van der Waals surface area contributed by atoms with Crippen LogP contribution in [-0.2, 0) is 0 Å². The summed E-state index contributed by atoms with van der Waals surface area (Å²) in [6.45, 7) is 2.47. The number of nitrogens with two attached hydrogens (primary N) is 1. The van der Waals surface area contributed by atoms with Gasteiger partial charge in [-0.05, 0) is 19.9 Å². The fourth-order valence-corrected chi connectivity index (χ4v) is 1.67. The summed E-state index contributed by atoms with van der Waals surface area (Å²) in [7, 11) is 0. The number of nitrogens with one attached hydrogen (secondary N) is 1. The first-order chi connectivity index (χ1) is 6.24. The molecule has 0 aliphatic carbocycles. The predicted octanol–water partition coefficient (Wildman–Crippen LogP) is -0.0858. The number of hydrogen-bond acceptors (Lipinski definition) is 5. The van der Waals surface area contributed by atoms with Gasteiger partial charge in [-0.25, -0.2) is 9.89 Å². The molecule has 13 heavy (non-hydrogen) atoms. The molecule has 0 amide bonds. The average Bonchev–Trinajstić information content (AvgIpc) is 2.11. The minimum absolute atomic E-state index is 0.402. The normalized spacial score (nSPS) is 10.3. The molecule has 0 spiro atoms. The molecular formula is C7H12N4OS. The smallest absolute Gasteiger partial charge is 0.330 e. The van der Waals surface area contributed by atoms with E-state index in [4.69, 9.17) is 5.73 Å². The molecule has 1 aromatic heterocycles. The van der Waals surface area contributed by atoms with Crippen LogP contribution in [0.25, 0.3) is 0 Å². The number of aromatic amines is 1. The van der Waals surface area contributed by atoms with E-state index in [2.05, 4.69) is 15.2 Å². The number of thioether (sulfide) groups is 1. The lowest BCUT2D eigenvalue weighted by Gasteiger charge is -2.00. The van der Waals surface area contributed by atoms with E-state index >= 15 is 0 Å². The fourth-order valence-electron chi connectivity index (χ4n) is 0.767. The van der Waals surface area contributed by atoms with E-state index < -0.39 is 5.69 Å². The third-order valence-electron chi connectivity index (χ3n) is 1.42. The van der Waals surface area contributed by atoms with Crippen LogP contribution in [0.15, 0.2) is 9.82 Å². The van der Waals surface area contributed by atoms with Crippen molar-refractivity contribution in [2.24, 2.45) is 5.73 Å². The molecule has 1 aromatic rings. The summed E-state index contributed by atoms with van der Waals surface area (Å²) in [5.74, 6) is 0.871. The fraction of sp³-hybridized carbons (Fsp3) is 0.571. The Balaban J connectivity index is 2.64. The van der Waals surface area contributed by atoms with E-state index in [1.54, 1.807) is 0 Å².